The Bertz CT molecular complexity index is 777. The van der Waals surface area contributed by atoms with Crippen molar-refractivity contribution in [2.75, 3.05) is 13.7 Å². The highest BCUT2D eigenvalue weighted by atomic mass is 16.5. The Hall–Kier alpha value is -3.35. The van der Waals surface area contributed by atoms with Crippen LogP contribution in [0.3, 0.4) is 0 Å². The lowest BCUT2D eigenvalue weighted by Gasteiger charge is -2.19. The fraction of sp³-hybridized carbons (Fsp3) is 0.211. The maximum atomic E-state index is 12.2. The van der Waals surface area contributed by atoms with Gasteiger partial charge in [0.25, 0.3) is 0 Å². The van der Waals surface area contributed by atoms with E-state index in [0.717, 1.165) is 10.5 Å². The second-order valence-corrected chi connectivity index (χ2v) is 5.55. The standard InChI is InChI=1S/C19H20N2O5/c1-25-19(24)21(12-17(20)22)11-15-8-5-9-16(10-15)18(23)26-13-14-6-3-2-4-7-14/h2-10H,11-13H2,1H3,(H2,20,22). The number of nitrogens with zero attached hydrogens (tertiary/aromatic N) is 1. The average Bonchev–Trinajstić information content (AvgIpc) is 2.65. The van der Waals surface area contributed by atoms with Crippen LogP contribution in [-0.4, -0.2) is 36.5 Å². The van der Waals surface area contributed by atoms with Gasteiger partial charge in [-0.3, -0.25) is 9.69 Å². The molecule has 0 unspecified atom stereocenters. The predicted octanol–water partition coefficient (Wildman–Crippen LogP) is 2.10. The Morgan fingerprint density at radius 3 is 2.35 bits per heavy atom. The van der Waals surface area contributed by atoms with E-state index in [1.165, 1.54) is 7.11 Å². The van der Waals surface area contributed by atoms with E-state index < -0.39 is 18.0 Å². The van der Waals surface area contributed by atoms with E-state index in [1.54, 1.807) is 24.3 Å². The fourth-order valence-electron chi connectivity index (χ4n) is 2.33. The number of ether oxygens (including phenoxy) is 2. The molecule has 0 saturated heterocycles. The van der Waals surface area contributed by atoms with E-state index in [9.17, 15) is 14.4 Å². The highest BCUT2D eigenvalue weighted by Gasteiger charge is 2.17. The zero-order valence-corrected chi connectivity index (χ0v) is 14.4. The van der Waals surface area contributed by atoms with Gasteiger partial charge in [0.15, 0.2) is 0 Å². The van der Waals surface area contributed by atoms with Gasteiger partial charge in [0.2, 0.25) is 5.91 Å². The molecule has 0 aliphatic carbocycles. The van der Waals surface area contributed by atoms with Crippen molar-refractivity contribution in [3.05, 3.63) is 71.3 Å². The van der Waals surface area contributed by atoms with Crippen LogP contribution in [0.15, 0.2) is 54.6 Å². The van der Waals surface area contributed by atoms with Crippen LogP contribution in [0.25, 0.3) is 0 Å². The molecule has 7 nitrogen and oxygen atoms in total. The summed E-state index contributed by atoms with van der Waals surface area (Å²) < 4.78 is 9.93. The summed E-state index contributed by atoms with van der Waals surface area (Å²) in [7, 11) is 1.22. The van der Waals surface area contributed by atoms with Crippen molar-refractivity contribution >= 4 is 18.0 Å². The third kappa shape index (κ3) is 5.62. The second-order valence-electron chi connectivity index (χ2n) is 5.55. The van der Waals surface area contributed by atoms with Gasteiger partial charge < -0.3 is 15.2 Å². The van der Waals surface area contributed by atoms with Gasteiger partial charge in [-0.15, -0.1) is 0 Å². The van der Waals surface area contributed by atoms with E-state index in [4.69, 9.17) is 10.5 Å². The van der Waals surface area contributed by atoms with Crippen molar-refractivity contribution < 1.29 is 23.9 Å². The Kier molecular flexibility index (Phi) is 6.73. The zero-order chi connectivity index (χ0) is 18.9. The van der Waals surface area contributed by atoms with Crippen molar-refractivity contribution in [3.63, 3.8) is 0 Å². The van der Waals surface area contributed by atoms with E-state index in [1.807, 2.05) is 30.3 Å². The number of rotatable bonds is 7. The van der Waals surface area contributed by atoms with Gasteiger partial charge in [0.1, 0.15) is 13.2 Å². The van der Waals surface area contributed by atoms with Gasteiger partial charge in [-0.1, -0.05) is 42.5 Å². The van der Waals surface area contributed by atoms with Crippen LogP contribution in [-0.2, 0) is 27.4 Å². The lowest BCUT2D eigenvalue weighted by Crippen LogP contribution is -2.37. The van der Waals surface area contributed by atoms with E-state index in [0.29, 0.717) is 11.1 Å². The normalized spacial score (nSPS) is 10.0. The molecule has 2 aromatic rings. The molecule has 0 aliphatic rings. The summed E-state index contributed by atoms with van der Waals surface area (Å²) in [6, 6.07) is 16.0. The minimum Gasteiger partial charge on any atom is -0.457 e. The van der Waals surface area contributed by atoms with E-state index in [-0.39, 0.29) is 19.7 Å². The van der Waals surface area contributed by atoms with Gasteiger partial charge in [-0.2, -0.15) is 0 Å². The lowest BCUT2D eigenvalue weighted by molar-refractivity contribution is -0.119. The van der Waals surface area contributed by atoms with E-state index in [2.05, 4.69) is 4.74 Å². The number of carbonyl (C=O) groups excluding carboxylic acids is 3. The van der Waals surface area contributed by atoms with Crippen LogP contribution in [0.2, 0.25) is 0 Å². The first-order valence-electron chi connectivity index (χ1n) is 7.90. The van der Waals surface area contributed by atoms with Crippen LogP contribution in [0.4, 0.5) is 4.79 Å². The number of methoxy groups -OCH3 is 1. The van der Waals surface area contributed by atoms with Crippen molar-refractivity contribution in [1.29, 1.82) is 0 Å². The molecule has 0 saturated carbocycles. The molecular weight excluding hydrogens is 336 g/mol. The molecule has 0 aliphatic heterocycles. The summed E-state index contributed by atoms with van der Waals surface area (Å²) >= 11 is 0. The number of benzene rings is 2. The minimum absolute atomic E-state index is 0.0788. The van der Waals surface area contributed by atoms with Crippen molar-refractivity contribution in [1.82, 2.24) is 4.90 Å². The third-order valence-corrected chi connectivity index (χ3v) is 3.53. The molecule has 2 amide bonds. The molecule has 0 radical (unpaired) electrons. The van der Waals surface area contributed by atoms with Gasteiger partial charge >= 0.3 is 12.1 Å². The topological polar surface area (TPSA) is 98.9 Å². The maximum Gasteiger partial charge on any atom is 0.410 e. The van der Waals surface area contributed by atoms with Gasteiger partial charge in [0, 0.05) is 6.54 Å². The van der Waals surface area contributed by atoms with Crippen LogP contribution in [0.1, 0.15) is 21.5 Å². The molecule has 0 heterocycles. The molecule has 26 heavy (non-hydrogen) atoms. The van der Waals surface area contributed by atoms with Crippen LogP contribution in [0, 0.1) is 0 Å². The Balaban J connectivity index is 2.04. The van der Waals surface area contributed by atoms with Gasteiger partial charge in [-0.05, 0) is 23.3 Å². The van der Waals surface area contributed by atoms with E-state index >= 15 is 0 Å². The van der Waals surface area contributed by atoms with Crippen LogP contribution in [0.5, 0.6) is 0 Å². The summed E-state index contributed by atoms with van der Waals surface area (Å²) in [5.41, 5.74) is 7.03. The van der Waals surface area contributed by atoms with Crippen molar-refractivity contribution in [3.8, 4) is 0 Å². The molecule has 0 aromatic heterocycles. The summed E-state index contributed by atoms with van der Waals surface area (Å²) in [6.45, 7) is -0.0371. The summed E-state index contributed by atoms with van der Waals surface area (Å²) in [6.07, 6.45) is -0.680. The molecule has 0 atom stereocenters. The number of hydrogen-bond acceptors (Lipinski definition) is 5. The fourth-order valence-corrected chi connectivity index (χ4v) is 2.33. The zero-order valence-electron chi connectivity index (χ0n) is 14.4. The second kappa shape index (κ2) is 9.22. The molecule has 136 valence electrons. The molecule has 7 heteroatoms. The van der Waals surface area contributed by atoms with Gasteiger partial charge in [0.05, 0.1) is 12.7 Å². The Labute approximate surface area is 151 Å². The molecule has 0 fully saturated rings. The molecular formula is C19H20N2O5. The largest absolute Gasteiger partial charge is 0.457 e. The maximum absolute atomic E-state index is 12.2. The number of hydrogen-bond donors (Lipinski definition) is 1. The smallest absolute Gasteiger partial charge is 0.410 e. The predicted molar refractivity (Wildman–Crippen MR) is 94.0 cm³/mol. The number of amides is 2. The summed E-state index contributed by atoms with van der Waals surface area (Å²) in [5, 5.41) is 0. The summed E-state index contributed by atoms with van der Waals surface area (Å²) in [4.78, 5) is 36.2. The van der Waals surface area contributed by atoms with Crippen LogP contribution >= 0.6 is 0 Å². The Morgan fingerprint density at radius 1 is 1.00 bits per heavy atom. The number of carbonyl (C=O) groups is 3. The van der Waals surface area contributed by atoms with Crippen molar-refractivity contribution in [2.45, 2.75) is 13.2 Å². The monoisotopic (exact) mass is 356 g/mol. The third-order valence-electron chi connectivity index (χ3n) is 3.53. The first kappa shape index (κ1) is 19.0. The number of esters is 1. The van der Waals surface area contributed by atoms with Gasteiger partial charge in [-0.25, -0.2) is 9.59 Å². The molecule has 2 rings (SSSR count). The molecule has 2 aromatic carbocycles. The SMILES string of the molecule is COC(=O)N(CC(N)=O)Cc1cccc(C(=O)OCc2ccccc2)c1. The first-order valence-corrected chi connectivity index (χ1v) is 7.90. The van der Waals surface area contributed by atoms with Crippen LogP contribution < -0.4 is 5.73 Å². The average molecular weight is 356 g/mol. The molecule has 2 N–H and O–H groups in total. The Morgan fingerprint density at radius 2 is 1.69 bits per heavy atom. The highest BCUT2D eigenvalue weighted by Crippen LogP contribution is 2.12. The lowest BCUT2D eigenvalue weighted by atomic mass is 10.1. The molecule has 0 bridgehead atoms. The van der Waals surface area contributed by atoms with Crippen molar-refractivity contribution in [2.24, 2.45) is 5.73 Å². The first-order chi connectivity index (χ1) is 12.5. The summed E-state index contributed by atoms with van der Waals surface area (Å²) in [5.74, 6) is -1.14. The molecule has 0 spiro atoms. The quantitative estimate of drug-likeness (QED) is 0.766. The number of nitrogens with two attached hydrogens (primary N) is 1. The highest BCUT2D eigenvalue weighted by molar-refractivity contribution is 5.89. The number of primary amides is 1. The minimum atomic E-state index is -0.680.